The smallest absolute Gasteiger partial charge is 0.408 e. The molecule has 3 N–H and O–H groups in total. The molecule has 1 aromatic rings. The number of rotatable bonds is 7. The molecular weight excluding hydrogens is 315 g/mol. The number of ether oxygens (including phenoxy) is 1. The predicted molar refractivity (Wildman–Crippen MR) is 74.5 cm³/mol. The van der Waals surface area contributed by atoms with Crippen molar-refractivity contribution < 1.29 is 33.9 Å². The van der Waals surface area contributed by atoms with E-state index in [1.54, 1.807) is 0 Å². The molecule has 1 unspecified atom stereocenters. The van der Waals surface area contributed by atoms with E-state index in [-0.39, 0.29) is 12.2 Å². The molecule has 0 aliphatic carbocycles. The maximum Gasteiger partial charge on any atom is 0.408 e. The summed E-state index contributed by atoms with van der Waals surface area (Å²) in [6.45, 7) is 3.17. The lowest BCUT2D eigenvalue weighted by molar-refractivity contribution is -0.386. The van der Waals surface area contributed by atoms with E-state index in [4.69, 9.17) is 5.11 Å². The molecule has 0 heterocycles. The van der Waals surface area contributed by atoms with Crippen molar-refractivity contribution in [3.8, 4) is 5.75 Å². The number of carbonyl (C=O) groups is 2. The van der Waals surface area contributed by atoms with Gasteiger partial charge < -0.3 is 20.3 Å². The van der Waals surface area contributed by atoms with E-state index in [9.17, 15) is 29.2 Å². The fourth-order valence-corrected chi connectivity index (χ4v) is 1.65. The van der Waals surface area contributed by atoms with Crippen LogP contribution in [0.15, 0.2) is 24.8 Å². The summed E-state index contributed by atoms with van der Waals surface area (Å²) in [5, 5.41) is 31.0. The molecule has 1 atom stereocenters. The molecule has 0 aliphatic heterocycles. The van der Waals surface area contributed by atoms with E-state index in [1.807, 2.05) is 5.32 Å². The number of benzene rings is 1. The minimum absolute atomic E-state index is 0.0941. The van der Waals surface area contributed by atoms with Gasteiger partial charge in [-0.05, 0) is 11.6 Å². The second kappa shape index (κ2) is 7.73. The van der Waals surface area contributed by atoms with Crippen LogP contribution in [0.5, 0.6) is 5.75 Å². The molecule has 0 fully saturated rings. The number of carbonyl (C=O) groups excluding carboxylic acids is 1. The molecule has 0 saturated carbocycles. The third-order valence-corrected chi connectivity index (χ3v) is 2.66. The first-order chi connectivity index (χ1) is 10.8. The van der Waals surface area contributed by atoms with Crippen LogP contribution in [0.2, 0.25) is 0 Å². The predicted octanol–water partition coefficient (Wildman–Crippen LogP) is 1.35. The normalized spacial score (nSPS) is 11.3. The lowest BCUT2D eigenvalue weighted by Crippen LogP contribution is -2.42. The quantitative estimate of drug-likeness (QED) is 0.390. The number of carboxylic acids is 1. The summed E-state index contributed by atoms with van der Waals surface area (Å²) in [5.74, 6) is -3.87. The number of hydrogen-bond donors (Lipinski definition) is 3. The van der Waals surface area contributed by atoms with Gasteiger partial charge in [0.25, 0.3) is 0 Å². The Morgan fingerprint density at radius 1 is 1.52 bits per heavy atom. The fourth-order valence-electron chi connectivity index (χ4n) is 1.65. The first-order valence-corrected chi connectivity index (χ1v) is 6.19. The van der Waals surface area contributed by atoms with E-state index in [0.29, 0.717) is 0 Å². The number of amides is 1. The summed E-state index contributed by atoms with van der Waals surface area (Å²) < 4.78 is 18.0. The Morgan fingerprint density at radius 2 is 2.17 bits per heavy atom. The number of alkyl carbamates (subject to hydrolysis) is 1. The first kappa shape index (κ1) is 17.9. The number of carboxylic acid groups (broad SMARTS) is 1. The highest BCUT2D eigenvalue weighted by molar-refractivity contribution is 5.80. The highest BCUT2D eigenvalue weighted by Gasteiger charge is 2.25. The number of phenolic OH excluding ortho intramolecular Hbond substituents is 1. The van der Waals surface area contributed by atoms with Crippen molar-refractivity contribution in [1.29, 1.82) is 0 Å². The second-order valence-corrected chi connectivity index (χ2v) is 4.33. The van der Waals surface area contributed by atoms with E-state index >= 15 is 0 Å². The van der Waals surface area contributed by atoms with E-state index in [1.165, 1.54) is 6.08 Å². The zero-order valence-corrected chi connectivity index (χ0v) is 11.7. The van der Waals surface area contributed by atoms with Crippen LogP contribution in [0.3, 0.4) is 0 Å². The third-order valence-electron chi connectivity index (χ3n) is 2.66. The average Bonchev–Trinajstić information content (AvgIpc) is 2.47. The van der Waals surface area contributed by atoms with Gasteiger partial charge in [-0.25, -0.2) is 14.0 Å². The number of halogens is 1. The van der Waals surface area contributed by atoms with Gasteiger partial charge in [-0.1, -0.05) is 12.7 Å². The van der Waals surface area contributed by atoms with Crippen LogP contribution < -0.4 is 5.32 Å². The average molecular weight is 328 g/mol. The summed E-state index contributed by atoms with van der Waals surface area (Å²) in [5.41, 5.74) is -0.998. The second-order valence-electron chi connectivity index (χ2n) is 4.33. The number of phenols is 1. The van der Waals surface area contributed by atoms with Gasteiger partial charge in [0.2, 0.25) is 5.75 Å². The lowest BCUT2D eigenvalue weighted by atomic mass is 10.0. The molecule has 1 rings (SSSR count). The SMILES string of the molecule is C=CCOC(=O)NC(Cc1cc(F)c(O)c([N+](=O)[O-])c1)C(=O)O. The number of nitro benzene ring substituents is 1. The van der Waals surface area contributed by atoms with Gasteiger partial charge in [-0.3, -0.25) is 10.1 Å². The Labute approximate surface area is 129 Å². The van der Waals surface area contributed by atoms with Crippen molar-refractivity contribution in [3.63, 3.8) is 0 Å². The molecule has 0 radical (unpaired) electrons. The van der Waals surface area contributed by atoms with E-state index < -0.39 is 46.7 Å². The van der Waals surface area contributed by atoms with Crippen LogP contribution in [0, 0.1) is 15.9 Å². The number of nitrogens with one attached hydrogen (secondary N) is 1. The molecule has 9 nitrogen and oxygen atoms in total. The molecule has 0 saturated heterocycles. The van der Waals surface area contributed by atoms with Crippen molar-refractivity contribution in [2.45, 2.75) is 12.5 Å². The van der Waals surface area contributed by atoms with E-state index in [0.717, 1.165) is 12.1 Å². The maximum absolute atomic E-state index is 13.5. The van der Waals surface area contributed by atoms with Crippen molar-refractivity contribution in [1.82, 2.24) is 5.32 Å². The molecule has 23 heavy (non-hydrogen) atoms. The summed E-state index contributed by atoms with van der Waals surface area (Å²) in [4.78, 5) is 32.1. The van der Waals surface area contributed by atoms with Gasteiger partial charge in [0.15, 0.2) is 5.82 Å². The summed E-state index contributed by atoms with van der Waals surface area (Å²) in [7, 11) is 0. The van der Waals surface area contributed by atoms with Crippen LogP contribution in [0.4, 0.5) is 14.9 Å². The standard InChI is InChI=1S/C13H13FN2O7/c1-2-3-23-13(20)15-9(12(18)19)5-7-4-8(14)11(17)10(6-7)16(21)22/h2,4,6,9,17H,1,3,5H2,(H,15,20)(H,18,19). The van der Waals surface area contributed by atoms with Gasteiger partial charge in [0.1, 0.15) is 12.6 Å². The molecule has 1 aromatic carbocycles. The van der Waals surface area contributed by atoms with Crippen molar-refractivity contribution >= 4 is 17.7 Å². The highest BCUT2D eigenvalue weighted by atomic mass is 19.1. The number of aromatic hydroxyl groups is 1. The van der Waals surface area contributed by atoms with Gasteiger partial charge in [0, 0.05) is 12.5 Å². The van der Waals surface area contributed by atoms with Crippen molar-refractivity contribution in [2.24, 2.45) is 0 Å². The highest BCUT2D eigenvalue weighted by Crippen LogP contribution is 2.30. The topological polar surface area (TPSA) is 139 Å². The molecule has 0 aromatic heterocycles. The minimum atomic E-state index is -1.50. The number of hydrogen-bond acceptors (Lipinski definition) is 6. The Kier molecular flexibility index (Phi) is 6.01. The number of aliphatic carboxylic acids is 1. The summed E-state index contributed by atoms with van der Waals surface area (Å²) in [6.07, 6.45) is -0.212. The van der Waals surface area contributed by atoms with Crippen molar-refractivity contribution in [3.05, 3.63) is 46.3 Å². The van der Waals surface area contributed by atoms with Gasteiger partial charge in [0.05, 0.1) is 4.92 Å². The zero-order valence-electron chi connectivity index (χ0n) is 11.7. The summed E-state index contributed by atoms with van der Waals surface area (Å²) in [6, 6.07) is 0.0657. The molecule has 10 heteroatoms. The Bertz CT molecular complexity index is 647. The molecular formula is C13H13FN2O7. The Morgan fingerprint density at radius 3 is 2.70 bits per heavy atom. The molecule has 0 aliphatic rings. The number of nitro groups is 1. The van der Waals surface area contributed by atoms with Gasteiger partial charge >= 0.3 is 17.7 Å². The third kappa shape index (κ3) is 4.95. The van der Waals surface area contributed by atoms with Crippen molar-refractivity contribution in [2.75, 3.05) is 6.61 Å². The zero-order chi connectivity index (χ0) is 17.6. The molecule has 124 valence electrons. The largest absolute Gasteiger partial charge is 0.500 e. The molecule has 1 amide bonds. The monoisotopic (exact) mass is 328 g/mol. The van der Waals surface area contributed by atoms with Crippen LogP contribution in [0.25, 0.3) is 0 Å². The first-order valence-electron chi connectivity index (χ1n) is 6.19. The fraction of sp³-hybridized carbons (Fsp3) is 0.231. The van der Waals surface area contributed by atoms with E-state index in [2.05, 4.69) is 11.3 Å². The van der Waals surface area contributed by atoms with Gasteiger partial charge in [-0.15, -0.1) is 0 Å². The molecule has 0 bridgehead atoms. The Hall–Kier alpha value is -3.17. The van der Waals surface area contributed by atoms with Crippen LogP contribution >= 0.6 is 0 Å². The number of nitrogens with zero attached hydrogens (tertiary/aromatic N) is 1. The molecule has 0 spiro atoms. The van der Waals surface area contributed by atoms with Gasteiger partial charge in [-0.2, -0.15) is 0 Å². The lowest BCUT2D eigenvalue weighted by Gasteiger charge is -2.14. The summed E-state index contributed by atoms with van der Waals surface area (Å²) >= 11 is 0. The maximum atomic E-state index is 13.5. The van der Waals surface area contributed by atoms with Crippen LogP contribution in [-0.2, 0) is 16.0 Å². The minimum Gasteiger partial charge on any atom is -0.500 e. The van der Waals surface area contributed by atoms with Crippen LogP contribution in [0.1, 0.15) is 5.56 Å². The van der Waals surface area contributed by atoms with Crippen LogP contribution in [-0.4, -0.2) is 39.8 Å². The Balaban J connectivity index is 2.97.